The second-order valence-corrected chi connectivity index (χ2v) is 29.2. The fourth-order valence-corrected chi connectivity index (χ4v) is 17.1. The number of oxime groups is 1. The summed E-state index contributed by atoms with van der Waals surface area (Å²) in [4.78, 5) is 109. The number of aromatic nitrogens is 4. The number of ether oxygens (including phenoxy) is 4. The van der Waals surface area contributed by atoms with Crippen molar-refractivity contribution in [2.24, 2.45) is 10.1 Å². The van der Waals surface area contributed by atoms with Gasteiger partial charge in [-0.3, -0.25) is 19.3 Å². The second-order valence-electron chi connectivity index (χ2n) is 26.2. The molecule has 2 aromatic heterocycles. The Labute approximate surface area is 656 Å². The van der Waals surface area contributed by atoms with Crippen molar-refractivity contribution in [3.8, 4) is 17.5 Å². The predicted molar refractivity (Wildman–Crippen MR) is 428 cm³/mol. The molecule has 1 saturated heterocycles. The molecule has 3 aliphatic heterocycles. The number of phenols is 1. The number of benzene rings is 10. The lowest BCUT2D eigenvalue weighted by atomic mass is 9.77. The quantitative estimate of drug-likeness (QED) is 0.00821. The Hall–Kier alpha value is -13.3. The third kappa shape index (κ3) is 15.8. The van der Waals surface area contributed by atoms with E-state index in [1.165, 1.54) is 56.6 Å². The maximum absolute atomic E-state index is 15.7. The van der Waals surface area contributed by atoms with E-state index < -0.39 is 88.4 Å². The van der Waals surface area contributed by atoms with Crippen molar-refractivity contribution >= 4 is 93.0 Å². The molecule has 0 spiro atoms. The number of amides is 2. The zero-order valence-electron chi connectivity index (χ0n) is 60.1. The number of aliphatic imine (C=N–C) groups is 1. The highest BCUT2D eigenvalue weighted by molar-refractivity contribution is 8.01. The normalized spacial score (nSPS) is 15.3. The van der Waals surface area contributed by atoms with Crippen LogP contribution in [0.2, 0.25) is 0 Å². The Morgan fingerprint density at radius 3 is 1.60 bits per heavy atom. The smallest absolute Gasteiger partial charge is 0.356 e. The monoisotopic (exact) mass is 1540 g/mol. The van der Waals surface area contributed by atoms with Crippen LogP contribution < -0.4 is 20.1 Å². The van der Waals surface area contributed by atoms with Crippen LogP contribution in [0.5, 0.6) is 17.5 Å². The Morgan fingerprint density at radius 2 is 1.12 bits per heavy atom. The van der Waals surface area contributed by atoms with Gasteiger partial charge in [0.1, 0.15) is 46.3 Å². The number of nitrogens with zero attached hydrogens (tertiary/aromatic N) is 7. The number of esters is 3. The first-order chi connectivity index (χ1) is 54.8. The fourth-order valence-electron chi connectivity index (χ4n) is 13.6. The van der Waals surface area contributed by atoms with Gasteiger partial charge in [0.05, 0.1) is 16.8 Å². The highest BCUT2D eigenvalue weighted by atomic mass is 32.2. The number of carbonyl (C=O) groups is 5. The number of hydrogen-bond donors (Lipinski definition) is 3. The molecule has 0 radical (unpaired) electrons. The van der Waals surface area contributed by atoms with E-state index >= 15 is 14.4 Å². The van der Waals surface area contributed by atoms with Crippen molar-refractivity contribution in [1.82, 2.24) is 30.0 Å². The molecule has 1 unspecified atom stereocenters. The summed E-state index contributed by atoms with van der Waals surface area (Å²) in [6.45, 7) is 2.22. The van der Waals surface area contributed by atoms with Gasteiger partial charge in [-0.2, -0.15) is 4.98 Å². The van der Waals surface area contributed by atoms with Gasteiger partial charge in [0.15, 0.2) is 40.7 Å². The van der Waals surface area contributed by atoms with Crippen LogP contribution in [0.25, 0.3) is 0 Å². The molecule has 12 aromatic rings. The topological polar surface area (TPSA) is 264 Å². The van der Waals surface area contributed by atoms with Crippen molar-refractivity contribution in [3.63, 3.8) is 0 Å². The number of β-lactam (4-membered cyclic amide) rings is 1. The number of fused-ring (bicyclic) bond motifs is 2. The van der Waals surface area contributed by atoms with E-state index in [0.717, 1.165) is 34.7 Å². The maximum Gasteiger partial charge on any atom is 0.356 e. The molecule has 0 bridgehead atoms. The Bertz CT molecular complexity index is 5350. The molecule has 24 heteroatoms. The molecule has 3 N–H and O–H groups in total. The standard InChI is InChI=1S/C88H69N9O12S3/c1-55-69(50-98)81(97-85(89-55)92-86(94-97)109-78(61-38-20-7-21-39-61)62-40-22-8-23-41-62)110-52-64-53-111-82-74(80(102)96(82)75(64)84(104)108-77(59-34-16-5-17-35-59)60-36-18-6-19-37-60)91-79(101)73(70-54-112-87(90-70)93-88(65-42-24-9-25-43-65,66-44-26-10-27-45-66)67-46-28-11-29-47-67)95-105-51-63-48-71(100)72(106-56(2)99)49-68(63)83(103)107-76(57-30-12-3-13-31-57)58-32-14-4-15-33-58/h3-49,54,74,76-78,81-82,100H,51-53H2,1-2H3,(H,90,93)(H,91,101)/t74-,81?,82-/m1/s1. The number of hydrogen-bond acceptors (Lipinski definition) is 21. The zero-order chi connectivity index (χ0) is 77.1. The number of anilines is 1. The highest BCUT2D eigenvalue weighted by Crippen LogP contribution is 2.47. The van der Waals surface area contributed by atoms with Crippen LogP contribution in [0, 0.1) is 0 Å². The predicted octanol–water partition coefficient (Wildman–Crippen LogP) is 15.6. The summed E-state index contributed by atoms with van der Waals surface area (Å²) in [5.74, 6) is -2.57. The van der Waals surface area contributed by atoms with E-state index in [9.17, 15) is 19.5 Å². The number of thioether (sulfide) groups is 2. The lowest BCUT2D eigenvalue weighted by Crippen LogP contribution is -2.71. The summed E-state index contributed by atoms with van der Waals surface area (Å²) in [5.41, 5.74) is 6.13. The SMILES string of the molecule is CC(=O)Oc1cc(C(=O)OC(c2ccccc2)c2ccccc2)c(CON=C(C(=O)N[C@@H]2C(=O)N3C(C(=O)OC(c4ccccc4)c4ccccc4)=C(CSC4C(=C=O)C(C)=Nc5nc(OC(c6ccccc6)c6ccccc6)nn54)CS[C@H]23)c2csc(NC(c3ccccc3)(c3ccccc3)c3ccccc3)n2)cc1O. The minimum Gasteiger partial charge on any atom is -0.504 e. The van der Waals surface area contributed by atoms with Crippen LogP contribution in [0.1, 0.15) is 109 Å². The van der Waals surface area contributed by atoms with Gasteiger partial charge in [-0.1, -0.05) is 278 Å². The van der Waals surface area contributed by atoms with Crippen LogP contribution in [-0.4, -0.2) is 99.8 Å². The van der Waals surface area contributed by atoms with Gasteiger partial charge in [0.2, 0.25) is 0 Å². The first-order valence-corrected chi connectivity index (χ1v) is 38.7. The molecule has 0 saturated carbocycles. The average molecular weight is 1540 g/mol. The Balaban J connectivity index is 0.775. The molecule has 21 nitrogen and oxygen atoms in total. The largest absolute Gasteiger partial charge is 0.504 e. The van der Waals surface area contributed by atoms with Gasteiger partial charge in [0, 0.05) is 29.4 Å². The van der Waals surface area contributed by atoms with Crippen LogP contribution in [0.15, 0.2) is 317 Å². The molecule has 2 amide bonds. The number of thiazole rings is 1. The van der Waals surface area contributed by atoms with Crippen molar-refractivity contribution in [2.75, 3.05) is 16.8 Å². The fraction of sp³-hybridized carbons (Fsp3) is 0.136. The first-order valence-electron chi connectivity index (χ1n) is 35.7. The third-order valence-electron chi connectivity index (χ3n) is 19.0. The number of rotatable bonds is 27. The number of phenolic OH excluding ortho intramolecular Hbond substituents is 1. The average Bonchev–Trinajstić information content (AvgIpc) is 0.828. The van der Waals surface area contributed by atoms with E-state index in [1.54, 1.807) is 12.3 Å². The van der Waals surface area contributed by atoms with Crippen LogP contribution in [-0.2, 0) is 50.4 Å². The van der Waals surface area contributed by atoms with Gasteiger partial charge < -0.3 is 39.5 Å². The Morgan fingerprint density at radius 1 is 0.643 bits per heavy atom. The van der Waals surface area contributed by atoms with E-state index in [2.05, 4.69) is 26.7 Å². The van der Waals surface area contributed by atoms with Crippen molar-refractivity contribution in [1.29, 1.82) is 0 Å². The molecule has 5 heterocycles. The highest BCUT2D eigenvalue weighted by Gasteiger charge is 2.55. The van der Waals surface area contributed by atoms with Crippen LogP contribution in [0.3, 0.4) is 0 Å². The van der Waals surface area contributed by atoms with E-state index in [-0.39, 0.29) is 57.3 Å². The second kappa shape index (κ2) is 33.7. The molecule has 3 atom stereocenters. The van der Waals surface area contributed by atoms with Gasteiger partial charge >= 0.3 is 23.9 Å². The summed E-state index contributed by atoms with van der Waals surface area (Å²) in [5, 5.41) is 27.5. The number of aromatic hydroxyl groups is 1. The van der Waals surface area contributed by atoms with Gasteiger partial charge in [-0.05, 0) is 74.7 Å². The summed E-state index contributed by atoms with van der Waals surface area (Å²) >= 11 is 3.69. The summed E-state index contributed by atoms with van der Waals surface area (Å²) in [6, 6.07) is 86.4. The summed E-state index contributed by atoms with van der Waals surface area (Å²) in [7, 11) is 0. The van der Waals surface area contributed by atoms with Gasteiger partial charge in [-0.15, -0.1) is 40.0 Å². The summed E-state index contributed by atoms with van der Waals surface area (Å²) in [6.07, 6.45) is -2.49. The molecule has 556 valence electrons. The minimum absolute atomic E-state index is 0.00114. The third-order valence-corrected chi connectivity index (χ3v) is 22.3. The number of nitrogens with one attached hydrogen (secondary N) is 2. The van der Waals surface area contributed by atoms with Crippen molar-refractivity contribution in [3.05, 3.63) is 374 Å². The molecule has 3 aliphatic rings. The zero-order valence-corrected chi connectivity index (χ0v) is 62.5. The van der Waals surface area contributed by atoms with Gasteiger partial charge in [0.25, 0.3) is 17.8 Å². The van der Waals surface area contributed by atoms with E-state index in [1.807, 2.05) is 273 Å². The van der Waals surface area contributed by atoms with Crippen molar-refractivity contribution < 1.29 is 57.7 Å². The minimum atomic E-state index is -1.31. The van der Waals surface area contributed by atoms with E-state index in [0.29, 0.717) is 38.7 Å². The number of carbonyl (C=O) groups excluding carboxylic acids is 6. The molecule has 0 aliphatic carbocycles. The molecular formula is C88H69N9O12S3. The lowest BCUT2D eigenvalue weighted by molar-refractivity contribution is -0.154. The van der Waals surface area contributed by atoms with E-state index in [4.69, 9.17) is 38.9 Å². The first kappa shape index (κ1) is 74.2. The lowest BCUT2D eigenvalue weighted by Gasteiger charge is -2.50. The van der Waals surface area contributed by atoms with Crippen LogP contribution >= 0.6 is 34.9 Å². The molecular weight excluding hydrogens is 1470 g/mol. The van der Waals surface area contributed by atoms with Crippen molar-refractivity contribution in [2.45, 2.75) is 61.1 Å². The maximum atomic E-state index is 15.7. The molecule has 1 fully saturated rings. The molecule has 15 rings (SSSR count). The Kier molecular flexibility index (Phi) is 22.3. The summed E-state index contributed by atoms with van der Waals surface area (Å²) < 4.78 is 26.4. The molecule has 10 aromatic carbocycles. The van der Waals surface area contributed by atoms with Crippen LogP contribution in [0.4, 0.5) is 11.1 Å². The molecule has 112 heavy (non-hydrogen) atoms. The van der Waals surface area contributed by atoms with Gasteiger partial charge in [-0.25, -0.2) is 29.0 Å².